The molecular formula is C15H26ClN3O2. The van der Waals surface area contributed by atoms with Crippen LogP contribution in [0.4, 0.5) is 0 Å². The first kappa shape index (κ1) is 16.6. The highest BCUT2D eigenvalue weighted by atomic mass is 35.5. The number of nitrogens with zero attached hydrogens (tertiary/aromatic N) is 1. The molecule has 4 unspecified atom stereocenters. The topological polar surface area (TPSA) is 89.4 Å². The molecule has 2 saturated carbocycles. The molecule has 4 atom stereocenters. The fourth-order valence-corrected chi connectivity index (χ4v) is 4.56. The Morgan fingerprint density at radius 3 is 2.19 bits per heavy atom. The molecule has 3 rings (SSSR count). The third-order valence-electron chi connectivity index (χ3n) is 5.68. The van der Waals surface area contributed by atoms with Gasteiger partial charge in [0.1, 0.15) is 0 Å². The maximum atomic E-state index is 12.7. The van der Waals surface area contributed by atoms with Gasteiger partial charge in [0.15, 0.2) is 0 Å². The first-order chi connectivity index (χ1) is 9.56. The maximum absolute atomic E-state index is 12.7. The van der Waals surface area contributed by atoms with Crippen LogP contribution in [-0.4, -0.2) is 35.8 Å². The third-order valence-corrected chi connectivity index (χ3v) is 5.68. The van der Waals surface area contributed by atoms with E-state index >= 15 is 0 Å². The molecule has 0 aromatic rings. The van der Waals surface area contributed by atoms with Crippen molar-refractivity contribution in [1.29, 1.82) is 0 Å². The van der Waals surface area contributed by atoms with Crippen LogP contribution in [0.3, 0.4) is 0 Å². The van der Waals surface area contributed by atoms with Crippen molar-refractivity contribution in [2.75, 3.05) is 13.1 Å². The molecule has 5 nitrogen and oxygen atoms in total. The number of nitrogens with two attached hydrogens (primary N) is 2. The highest BCUT2D eigenvalue weighted by molar-refractivity contribution is 5.85. The van der Waals surface area contributed by atoms with Crippen LogP contribution in [0, 0.1) is 23.7 Å². The summed E-state index contributed by atoms with van der Waals surface area (Å²) in [5.74, 6) is 1.53. The number of hydrogen-bond acceptors (Lipinski definition) is 3. The van der Waals surface area contributed by atoms with Gasteiger partial charge >= 0.3 is 0 Å². The summed E-state index contributed by atoms with van der Waals surface area (Å²) in [6.07, 6.45) is 5.77. The Hall–Kier alpha value is -0.810. The molecule has 2 aliphatic carbocycles. The number of likely N-dealkylation sites (tertiary alicyclic amines) is 1. The molecule has 1 saturated heterocycles. The number of hydrogen-bond donors (Lipinski definition) is 2. The number of rotatable bonds is 3. The average Bonchev–Trinajstić information content (AvgIpc) is 2.99. The van der Waals surface area contributed by atoms with Crippen molar-refractivity contribution < 1.29 is 9.59 Å². The van der Waals surface area contributed by atoms with Crippen LogP contribution in [0.2, 0.25) is 0 Å². The predicted octanol–water partition coefficient (Wildman–Crippen LogP) is 0.896. The summed E-state index contributed by atoms with van der Waals surface area (Å²) in [6, 6.07) is 0.0737. The number of piperidine rings is 1. The van der Waals surface area contributed by atoms with Crippen LogP contribution < -0.4 is 11.5 Å². The predicted molar refractivity (Wildman–Crippen MR) is 82.7 cm³/mol. The molecule has 0 radical (unpaired) electrons. The molecule has 1 heterocycles. The van der Waals surface area contributed by atoms with E-state index in [9.17, 15) is 9.59 Å². The monoisotopic (exact) mass is 315 g/mol. The molecule has 2 amide bonds. The lowest BCUT2D eigenvalue weighted by molar-refractivity contribution is -0.139. The normalized spacial score (nSPS) is 35.6. The van der Waals surface area contributed by atoms with Gasteiger partial charge in [0, 0.05) is 25.6 Å². The van der Waals surface area contributed by atoms with Gasteiger partial charge in [-0.2, -0.15) is 0 Å². The van der Waals surface area contributed by atoms with Crippen LogP contribution >= 0.6 is 12.4 Å². The van der Waals surface area contributed by atoms with Crippen LogP contribution in [0.25, 0.3) is 0 Å². The van der Waals surface area contributed by atoms with E-state index in [1.54, 1.807) is 0 Å². The van der Waals surface area contributed by atoms with Crippen molar-refractivity contribution >= 4 is 24.2 Å². The van der Waals surface area contributed by atoms with E-state index in [1.165, 1.54) is 12.8 Å². The summed E-state index contributed by atoms with van der Waals surface area (Å²) in [4.78, 5) is 25.6. The first-order valence-corrected chi connectivity index (χ1v) is 7.89. The maximum Gasteiger partial charge on any atom is 0.227 e. The minimum absolute atomic E-state index is 0. The molecule has 6 heteroatoms. The Balaban J connectivity index is 0.00000161. The lowest BCUT2D eigenvalue weighted by Crippen LogP contribution is -2.49. The quantitative estimate of drug-likeness (QED) is 0.810. The second-order valence-electron chi connectivity index (χ2n) is 6.88. The van der Waals surface area contributed by atoms with Crippen LogP contribution in [0.15, 0.2) is 0 Å². The molecule has 3 fully saturated rings. The van der Waals surface area contributed by atoms with Crippen molar-refractivity contribution in [2.24, 2.45) is 35.1 Å². The molecule has 0 aromatic heterocycles. The Labute approximate surface area is 132 Å². The Bertz CT molecular complexity index is 408. The van der Waals surface area contributed by atoms with Crippen molar-refractivity contribution in [3.63, 3.8) is 0 Å². The first-order valence-electron chi connectivity index (χ1n) is 7.89. The van der Waals surface area contributed by atoms with Crippen molar-refractivity contribution in [2.45, 2.75) is 44.6 Å². The Kier molecular flexibility index (Phi) is 5.15. The molecule has 1 aliphatic heterocycles. The van der Waals surface area contributed by atoms with Gasteiger partial charge in [-0.3, -0.25) is 9.59 Å². The number of amides is 2. The number of primary amides is 1. The van der Waals surface area contributed by atoms with E-state index < -0.39 is 0 Å². The summed E-state index contributed by atoms with van der Waals surface area (Å²) in [5.41, 5.74) is 11.5. The van der Waals surface area contributed by atoms with E-state index in [-0.39, 0.29) is 36.2 Å². The number of fused-ring (bicyclic) bond motifs is 2. The molecule has 3 aliphatic rings. The summed E-state index contributed by atoms with van der Waals surface area (Å²) < 4.78 is 0. The van der Waals surface area contributed by atoms with Gasteiger partial charge in [-0.15, -0.1) is 12.4 Å². The molecule has 120 valence electrons. The minimum atomic E-state index is -0.232. The Morgan fingerprint density at radius 2 is 1.67 bits per heavy atom. The lowest BCUT2D eigenvalue weighted by atomic mass is 9.83. The summed E-state index contributed by atoms with van der Waals surface area (Å²) in [7, 11) is 0. The van der Waals surface area contributed by atoms with Gasteiger partial charge in [-0.25, -0.2) is 0 Å². The van der Waals surface area contributed by atoms with E-state index in [0.29, 0.717) is 24.2 Å². The van der Waals surface area contributed by atoms with Crippen LogP contribution in [0.5, 0.6) is 0 Å². The zero-order valence-corrected chi connectivity index (χ0v) is 13.2. The second kappa shape index (κ2) is 6.53. The van der Waals surface area contributed by atoms with Gasteiger partial charge in [-0.1, -0.05) is 0 Å². The van der Waals surface area contributed by atoms with Crippen LogP contribution in [0.1, 0.15) is 38.5 Å². The van der Waals surface area contributed by atoms with E-state index in [4.69, 9.17) is 11.5 Å². The minimum Gasteiger partial charge on any atom is -0.370 e. The lowest BCUT2D eigenvalue weighted by Gasteiger charge is -2.36. The largest absolute Gasteiger partial charge is 0.370 e. The standard InChI is InChI=1S/C15H25N3O2.ClH/c16-12(19)7-9-3-5-18(6-4-9)15(20)13-10-1-2-11(8-10)14(13)17;/h9-11,13-14H,1-8,17H2,(H2,16,19);1H. The Morgan fingerprint density at radius 1 is 1.05 bits per heavy atom. The van der Waals surface area contributed by atoms with Gasteiger partial charge in [0.05, 0.1) is 5.92 Å². The van der Waals surface area contributed by atoms with Gasteiger partial charge in [-0.05, 0) is 49.9 Å². The third kappa shape index (κ3) is 3.19. The summed E-state index contributed by atoms with van der Waals surface area (Å²) >= 11 is 0. The van der Waals surface area contributed by atoms with Gasteiger partial charge < -0.3 is 16.4 Å². The van der Waals surface area contributed by atoms with E-state index in [1.807, 2.05) is 4.90 Å². The SMILES string of the molecule is Cl.NC(=O)CC1CCN(C(=O)C2C3CCC(C3)C2N)CC1. The van der Waals surface area contributed by atoms with Crippen molar-refractivity contribution in [3.05, 3.63) is 0 Å². The zero-order valence-electron chi connectivity index (χ0n) is 12.4. The van der Waals surface area contributed by atoms with Crippen molar-refractivity contribution in [1.82, 2.24) is 4.90 Å². The molecular weight excluding hydrogens is 290 g/mol. The number of carbonyl (C=O) groups excluding carboxylic acids is 2. The van der Waals surface area contributed by atoms with Crippen LogP contribution in [-0.2, 0) is 9.59 Å². The highest BCUT2D eigenvalue weighted by Gasteiger charge is 2.50. The molecule has 0 spiro atoms. The highest BCUT2D eigenvalue weighted by Crippen LogP contribution is 2.48. The van der Waals surface area contributed by atoms with Crippen molar-refractivity contribution in [3.8, 4) is 0 Å². The summed E-state index contributed by atoms with van der Waals surface area (Å²) in [5, 5.41) is 0. The molecule has 21 heavy (non-hydrogen) atoms. The summed E-state index contributed by atoms with van der Waals surface area (Å²) in [6.45, 7) is 1.52. The molecule has 4 N–H and O–H groups in total. The fraction of sp³-hybridized carbons (Fsp3) is 0.867. The smallest absolute Gasteiger partial charge is 0.227 e. The molecule has 0 aromatic carbocycles. The molecule has 2 bridgehead atoms. The van der Waals surface area contributed by atoms with Gasteiger partial charge in [0.2, 0.25) is 11.8 Å². The van der Waals surface area contributed by atoms with E-state index in [2.05, 4.69) is 0 Å². The number of carbonyl (C=O) groups is 2. The van der Waals surface area contributed by atoms with Gasteiger partial charge in [0.25, 0.3) is 0 Å². The fourth-order valence-electron chi connectivity index (χ4n) is 4.56. The zero-order chi connectivity index (χ0) is 14.3. The number of halogens is 1. The average molecular weight is 316 g/mol. The van der Waals surface area contributed by atoms with E-state index in [0.717, 1.165) is 32.4 Å². The second-order valence-corrected chi connectivity index (χ2v) is 6.88.